The van der Waals surface area contributed by atoms with Crippen LogP contribution in [-0.4, -0.2) is 41.9 Å². The average Bonchev–Trinajstić information content (AvgIpc) is 2.79. The molecule has 1 N–H and O–H groups in total. The second kappa shape index (κ2) is 6.34. The lowest BCUT2D eigenvalue weighted by atomic mass is 10.1. The Morgan fingerprint density at radius 1 is 1.63 bits per heavy atom. The maximum Gasteiger partial charge on any atom is 0.347 e. The predicted octanol–water partition coefficient (Wildman–Crippen LogP) is 2.55. The van der Waals surface area contributed by atoms with Gasteiger partial charge in [-0.2, -0.15) is 0 Å². The van der Waals surface area contributed by atoms with Crippen molar-refractivity contribution in [2.24, 2.45) is 0 Å². The number of nitrogens with zero attached hydrogens (tertiary/aromatic N) is 2. The summed E-state index contributed by atoms with van der Waals surface area (Å²) in [5, 5.41) is 9.88. The fourth-order valence-corrected chi connectivity index (χ4v) is 3.19. The molecule has 0 saturated carbocycles. The van der Waals surface area contributed by atoms with Crippen molar-refractivity contribution in [1.82, 2.24) is 4.98 Å². The number of carbonyl (C=O) groups is 1. The fraction of sp³-hybridized carbons (Fsp3) is 0.692. The first kappa shape index (κ1) is 14.3. The van der Waals surface area contributed by atoms with Gasteiger partial charge in [0.05, 0.1) is 11.8 Å². The van der Waals surface area contributed by atoms with Crippen molar-refractivity contribution in [2.75, 3.05) is 24.6 Å². The summed E-state index contributed by atoms with van der Waals surface area (Å²) in [6.07, 6.45) is 3.41. The third-order valence-electron chi connectivity index (χ3n) is 3.19. The smallest absolute Gasteiger partial charge is 0.347 e. The summed E-state index contributed by atoms with van der Waals surface area (Å²) in [7, 11) is 0. The van der Waals surface area contributed by atoms with E-state index in [1.54, 1.807) is 6.92 Å². The molecule has 106 valence electrons. The minimum Gasteiger partial charge on any atom is -0.477 e. The van der Waals surface area contributed by atoms with Crippen LogP contribution >= 0.6 is 11.3 Å². The number of piperidine rings is 1. The van der Waals surface area contributed by atoms with Crippen LogP contribution < -0.4 is 4.90 Å². The lowest BCUT2D eigenvalue weighted by molar-refractivity contribution is 0.0440. The van der Waals surface area contributed by atoms with Gasteiger partial charge in [-0.3, -0.25) is 0 Å². The highest BCUT2D eigenvalue weighted by molar-refractivity contribution is 7.17. The number of rotatable bonds is 5. The van der Waals surface area contributed by atoms with Crippen molar-refractivity contribution in [3.63, 3.8) is 0 Å². The van der Waals surface area contributed by atoms with Crippen LogP contribution in [0, 0.1) is 6.92 Å². The van der Waals surface area contributed by atoms with E-state index in [1.165, 1.54) is 11.3 Å². The normalized spacial score (nSPS) is 19.7. The van der Waals surface area contributed by atoms with Crippen molar-refractivity contribution in [1.29, 1.82) is 0 Å². The molecule has 0 radical (unpaired) electrons. The molecule has 0 aliphatic carbocycles. The summed E-state index contributed by atoms with van der Waals surface area (Å²) in [5.74, 6) is -0.892. The van der Waals surface area contributed by atoms with E-state index in [1.807, 2.05) is 0 Å². The van der Waals surface area contributed by atoms with E-state index in [0.717, 1.165) is 44.1 Å². The van der Waals surface area contributed by atoms with Crippen molar-refractivity contribution >= 4 is 22.4 Å². The quantitative estimate of drug-likeness (QED) is 0.900. The molecule has 5 nitrogen and oxygen atoms in total. The molecule has 0 spiro atoms. The first-order valence-electron chi connectivity index (χ1n) is 6.69. The molecule has 2 rings (SSSR count). The SMILES string of the molecule is CCCOC1CCCN(c2nc(C)c(C(=O)O)s2)C1. The zero-order valence-corrected chi connectivity index (χ0v) is 12.2. The highest BCUT2D eigenvalue weighted by Crippen LogP contribution is 2.28. The van der Waals surface area contributed by atoms with Gasteiger partial charge in [-0.25, -0.2) is 9.78 Å². The molecule has 1 aromatic heterocycles. The average molecular weight is 284 g/mol. The maximum absolute atomic E-state index is 11.1. The van der Waals surface area contributed by atoms with E-state index in [-0.39, 0.29) is 6.10 Å². The number of aryl methyl sites for hydroxylation is 1. The molecule has 0 amide bonds. The molecule has 1 fully saturated rings. The van der Waals surface area contributed by atoms with Crippen molar-refractivity contribution in [2.45, 2.75) is 39.2 Å². The number of aromatic nitrogens is 1. The molecular weight excluding hydrogens is 264 g/mol. The second-order valence-corrected chi connectivity index (χ2v) is 5.77. The van der Waals surface area contributed by atoms with Crippen LogP contribution in [0.15, 0.2) is 0 Å². The number of thiazole rings is 1. The highest BCUT2D eigenvalue weighted by Gasteiger charge is 2.24. The maximum atomic E-state index is 11.1. The van der Waals surface area contributed by atoms with Gasteiger partial charge >= 0.3 is 5.97 Å². The number of carboxylic acids is 1. The minimum atomic E-state index is -0.892. The van der Waals surface area contributed by atoms with E-state index in [0.29, 0.717) is 10.6 Å². The Bertz CT molecular complexity index is 447. The van der Waals surface area contributed by atoms with Crippen LogP contribution in [-0.2, 0) is 4.74 Å². The zero-order valence-electron chi connectivity index (χ0n) is 11.4. The molecule has 6 heteroatoms. The van der Waals surface area contributed by atoms with E-state index in [9.17, 15) is 4.79 Å². The molecule has 1 aromatic rings. The van der Waals surface area contributed by atoms with Crippen LogP contribution in [0.1, 0.15) is 41.6 Å². The van der Waals surface area contributed by atoms with Crippen LogP contribution in [0.2, 0.25) is 0 Å². The summed E-state index contributed by atoms with van der Waals surface area (Å²) < 4.78 is 5.79. The highest BCUT2D eigenvalue weighted by atomic mass is 32.1. The molecule has 1 atom stereocenters. The Morgan fingerprint density at radius 2 is 2.42 bits per heavy atom. The number of anilines is 1. The second-order valence-electron chi connectivity index (χ2n) is 4.80. The minimum absolute atomic E-state index is 0.242. The number of hydrogen-bond acceptors (Lipinski definition) is 5. The van der Waals surface area contributed by atoms with Gasteiger partial charge < -0.3 is 14.7 Å². The summed E-state index contributed by atoms with van der Waals surface area (Å²) in [6.45, 7) is 6.38. The van der Waals surface area contributed by atoms with Gasteiger partial charge in [-0.05, 0) is 26.2 Å². The standard InChI is InChI=1S/C13H20N2O3S/c1-3-7-18-10-5-4-6-15(8-10)13-14-9(2)11(19-13)12(16)17/h10H,3-8H2,1-2H3,(H,16,17). The van der Waals surface area contributed by atoms with Crippen molar-refractivity contribution in [3.05, 3.63) is 10.6 Å². The Balaban J connectivity index is 2.04. The van der Waals surface area contributed by atoms with Gasteiger partial charge in [0.25, 0.3) is 0 Å². The summed E-state index contributed by atoms with van der Waals surface area (Å²) in [6, 6.07) is 0. The van der Waals surface area contributed by atoms with Crippen molar-refractivity contribution < 1.29 is 14.6 Å². The van der Waals surface area contributed by atoms with Crippen LogP contribution in [0.3, 0.4) is 0 Å². The van der Waals surface area contributed by atoms with Gasteiger partial charge in [-0.1, -0.05) is 18.3 Å². The topological polar surface area (TPSA) is 62.7 Å². The van der Waals surface area contributed by atoms with Gasteiger partial charge in [0.15, 0.2) is 5.13 Å². The molecule has 1 aliphatic rings. The Labute approximate surface area is 117 Å². The van der Waals surface area contributed by atoms with Crippen LogP contribution in [0.4, 0.5) is 5.13 Å². The Kier molecular flexibility index (Phi) is 4.76. The first-order chi connectivity index (χ1) is 9.11. The van der Waals surface area contributed by atoms with E-state index >= 15 is 0 Å². The first-order valence-corrected chi connectivity index (χ1v) is 7.50. The Morgan fingerprint density at radius 3 is 3.05 bits per heavy atom. The molecule has 1 aliphatic heterocycles. The number of ether oxygens (including phenoxy) is 1. The summed E-state index contributed by atoms with van der Waals surface area (Å²) in [4.78, 5) is 17.9. The predicted molar refractivity (Wildman–Crippen MR) is 75.3 cm³/mol. The van der Waals surface area contributed by atoms with Crippen LogP contribution in [0.25, 0.3) is 0 Å². The van der Waals surface area contributed by atoms with Gasteiger partial charge in [-0.15, -0.1) is 0 Å². The third kappa shape index (κ3) is 3.45. The number of carboxylic acid groups (broad SMARTS) is 1. The summed E-state index contributed by atoms with van der Waals surface area (Å²) >= 11 is 1.26. The van der Waals surface area contributed by atoms with Gasteiger partial charge in [0.1, 0.15) is 4.88 Å². The van der Waals surface area contributed by atoms with E-state index in [4.69, 9.17) is 9.84 Å². The van der Waals surface area contributed by atoms with Gasteiger partial charge in [0, 0.05) is 19.7 Å². The van der Waals surface area contributed by atoms with Crippen molar-refractivity contribution in [3.8, 4) is 0 Å². The monoisotopic (exact) mass is 284 g/mol. The van der Waals surface area contributed by atoms with E-state index in [2.05, 4.69) is 16.8 Å². The van der Waals surface area contributed by atoms with E-state index < -0.39 is 5.97 Å². The summed E-state index contributed by atoms with van der Waals surface area (Å²) in [5.41, 5.74) is 0.601. The lowest BCUT2D eigenvalue weighted by Gasteiger charge is -2.32. The Hall–Kier alpha value is -1.14. The molecule has 1 unspecified atom stereocenters. The molecule has 0 aromatic carbocycles. The third-order valence-corrected chi connectivity index (χ3v) is 4.39. The molecule has 19 heavy (non-hydrogen) atoms. The number of hydrogen-bond donors (Lipinski definition) is 1. The molecule has 0 bridgehead atoms. The fourth-order valence-electron chi connectivity index (χ4n) is 2.25. The molecular formula is C13H20N2O3S. The number of aromatic carboxylic acids is 1. The van der Waals surface area contributed by atoms with Gasteiger partial charge in [0.2, 0.25) is 0 Å². The largest absolute Gasteiger partial charge is 0.477 e. The lowest BCUT2D eigenvalue weighted by Crippen LogP contribution is -2.39. The molecule has 1 saturated heterocycles. The molecule has 2 heterocycles. The van der Waals surface area contributed by atoms with Crippen LogP contribution in [0.5, 0.6) is 0 Å². The zero-order chi connectivity index (χ0) is 13.8.